The Balaban J connectivity index is 3.27. The molecule has 0 heterocycles. The summed E-state index contributed by atoms with van der Waals surface area (Å²) in [5.74, 6) is 0.0779. The van der Waals surface area contributed by atoms with Crippen molar-refractivity contribution in [1.82, 2.24) is 5.32 Å². The molecular weight excluding hydrogens is 152 g/mol. The number of nitrogens with one attached hydrogen (secondary N) is 1. The van der Waals surface area contributed by atoms with Crippen LogP contribution in [0, 0.1) is 0 Å². The van der Waals surface area contributed by atoms with Gasteiger partial charge in [-0.15, -0.1) is 6.58 Å². The molecule has 1 atom stereocenters. The second kappa shape index (κ2) is 6.85. The van der Waals surface area contributed by atoms with Crippen LogP contribution in [0.25, 0.3) is 0 Å². The average Bonchev–Trinajstić information content (AvgIpc) is 2.01. The minimum Gasteiger partial charge on any atom is -0.356 e. The van der Waals surface area contributed by atoms with Crippen LogP contribution in [0.15, 0.2) is 12.7 Å². The first-order chi connectivity index (χ1) is 5.66. The zero-order chi connectivity index (χ0) is 9.40. The van der Waals surface area contributed by atoms with Crippen LogP contribution in [0.5, 0.6) is 0 Å². The molecule has 0 aromatic rings. The van der Waals surface area contributed by atoms with E-state index in [0.717, 1.165) is 12.8 Å². The zero-order valence-electron chi connectivity index (χ0n) is 7.68. The number of carbonyl (C=O) groups is 1. The van der Waals surface area contributed by atoms with E-state index in [4.69, 9.17) is 5.73 Å². The molecule has 0 aliphatic carbocycles. The second-order valence-electron chi connectivity index (χ2n) is 2.94. The van der Waals surface area contributed by atoms with Gasteiger partial charge in [-0.25, -0.2) is 0 Å². The summed E-state index contributed by atoms with van der Waals surface area (Å²) in [7, 11) is 0. The van der Waals surface area contributed by atoms with Crippen LogP contribution in [0.3, 0.4) is 0 Å². The molecule has 0 bridgehead atoms. The van der Waals surface area contributed by atoms with Crippen molar-refractivity contribution in [3.8, 4) is 0 Å². The van der Waals surface area contributed by atoms with Crippen LogP contribution >= 0.6 is 0 Å². The van der Waals surface area contributed by atoms with Gasteiger partial charge < -0.3 is 11.1 Å². The van der Waals surface area contributed by atoms with Crippen LogP contribution < -0.4 is 11.1 Å². The molecule has 0 radical (unpaired) electrons. The Morgan fingerprint density at radius 2 is 2.42 bits per heavy atom. The summed E-state index contributed by atoms with van der Waals surface area (Å²) < 4.78 is 0. The molecule has 0 rings (SSSR count). The van der Waals surface area contributed by atoms with E-state index in [1.807, 2.05) is 6.92 Å². The number of carbonyl (C=O) groups excluding carboxylic acids is 1. The van der Waals surface area contributed by atoms with Crippen LogP contribution in [0.1, 0.15) is 26.2 Å². The number of hydrogen-bond donors (Lipinski definition) is 2. The van der Waals surface area contributed by atoms with E-state index in [1.165, 1.54) is 0 Å². The number of amides is 1. The standard InChI is InChI=1S/C9H18N2O/c1-3-4-7-11-9(12)6-5-8(2)10/h3,8H,1,4-7,10H2,2H3,(H,11,12). The summed E-state index contributed by atoms with van der Waals surface area (Å²) in [4.78, 5) is 11.0. The predicted octanol–water partition coefficient (Wildman–Crippen LogP) is 0.806. The van der Waals surface area contributed by atoms with Gasteiger partial charge in [0.25, 0.3) is 0 Å². The van der Waals surface area contributed by atoms with Gasteiger partial charge in [0, 0.05) is 19.0 Å². The van der Waals surface area contributed by atoms with Gasteiger partial charge in [-0.1, -0.05) is 6.08 Å². The zero-order valence-corrected chi connectivity index (χ0v) is 7.68. The Morgan fingerprint density at radius 3 is 2.92 bits per heavy atom. The molecule has 0 aromatic carbocycles. The van der Waals surface area contributed by atoms with Gasteiger partial charge in [-0.3, -0.25) is 4.79 Å². The third kappa shape index (κ3) is 7.28. The van der Waals surface area contributed by atoms with Gasteiger partial charge in [0.05, 0.1) is 0 Å². The highest BCUT2D eigenvalue weighted by Gasteiger charge is 2.01. The summed E-state index contributed by atoms with van der Waals surface area (Å²) in [5, 5.41) is 2.77. The van der Waals surface area contributed by atoms with Crippen molar-refractivity contribution in [1.29, 1.82) is 0 Å². The maximum atomic E-state index is 11.0. The topological polar surface area (TPSA) is 55.1 Å². The van der Waals surface area contributed by atoms with Crippen LogP contribution in [0.4, 0.5) is 0 Å². The summed E-state index contributed by atoms with van der Waals surface area (Å²) in [5.41, 5.74) is 5.50. The number of nitrogens with two attached hydrogens (primary N) is 1. The Morgan fingerprint density at radius 1 is 1.75 bits per heavy atom. The molecule has 3 heteroatoms. The second-order valence-corrected chi connectivity index (χ2v) is 2.94. The molecule has 3 N–H and O–H groups in total. The lowest BCUT2D eigenvalue weighted by atomic mass is 10.2. The summed E-state index contributed by atoms with van der Waals surface area (Å²) in [6, 6.07) is 0.107. The van der Waals surface area contributed by atoms with E-state index < -0.39 is 0 Å². The molecule has 1 unspecified atom stereocenters. The smallest absolute Gasteiger partial charge is 0.220 e. The lowest BCUT2D eigenvalue weighted by Crippen LogP contribution is -2.26. The van der Waals surface area contributed by atoms with E-state index >= 15 is 0 Å². The van der Waals surface area contributed by atoms with Crippen LogP contribution in [0.2, 0.25) is 0 Å². The minimum absolute atomic E-state index is 0.0779. The highest BCUT2D eigenvalue weighted by atomic mass is 16.1. The van der Waals surface area contributed by atoms with Crippen molar-refractivity contribution in [3.63, 3.8) is 0 Å². The fourth-order valence-electron chi connectivity index (χ4n) is 0.761. The first-order valence-corrected chi connectivity index (χ1v) is 4.30. The van der Waals surface area contributed by atoms with Gasteiger partial charge in [-0.05, 0) is 19.8 Å². The predicted molar refractivity (Wildman–Crippen MR) is 50.7 cm³/mol. The van der Waals surface area contributed by atoms with Crippen molar-refractivity contribution >= 4 is 5.91 Å². The lowest BCUT2D eigenvalue weighted by Gasteiger charge is -2.05. The van der Waals surface area contributed by atoms with Gasteiger partial charge >= 0.3 is 0 Å². The van der Waals surface area contributed by atoms with Gasteiger partial charge in [-0.2, -0.15) is 0 Å². The highest BCUT2D eigenvalue weighted by molar-refractivity contribution is 5.75. The van der Waals surface area contributed by atoms with Gasteiger partial charge in [0.15, 0.2) is 0 Å². The summed E-state index contributed by atoms with van der Waals surface area (Å²) in [6.07, 6.45) is 3.88. The minimum atomic E-state index is 0.0779. The van der Waals surface area contributed by atoms with Crippen LogP contribution in [-0.4, -0.2) is 18.5 Å². The average molecular weight is 170 g/mol. The lowest BCUT2D eigenvalue weighted by molar-refractivity contribution is -0.121. The number of rotatable bonds is 6. The molecule has 0 aromatic heterocycles. The SMILES string of the molecule is C=CCCNC(=O)CCC(C)N. The van der Waals surface area contributed by atoms with E-state index in [-0.39, 0.29) is 11.9 Å². The molecule has 0 saturated carbocycles. The van der Waals surface area contributed by atoms with Crippen LogP contribution in [-0.2, 0) is 4.79 Å². The normalized spacial score (nSPS) is 12.2. The number of hydrogen-bond acceptors (Lipinski definition) is 2. The first kappa shape index (κ1) is 11.2. The van der Waals surface area contributed by atoms with E-state index in [1.54, 1.807) is 6.08 Å². The van der Waals surface area contributed by atoms with E-state index in [2.05, 4.69) is 11.9 Å². The first-order valence-electron chi connectivity index (χ1n) is 4.30. The van der Waals surface area contributed by atoms with Crippen molar-refractivity contribution in [3.05, 3.63) is 12.7 Å². The molecule has 0 aliphatic heterocycles. The molecule has 0 saturated heterocycles. The van der Waals surface area contributed by atoms with Crippen molar-refractivity contribution in [2.75, 3.05) is 6.54 Å². The highest BCUT2D eigenvalue weighted by Crippen LogP contribution is 1.92. The maximum Gasteiger partial charge on any atom is 0.220 e. The Hall–Kier alpha value is -0.830. The summed E-state index contributed by atoms with van der Waals surface area (Å²) >= 11 is 0. The molecule has 12 heavy (non-hydrogen) atoms. The maximum absolute atomic E-state index is 11.0. The van der Waals surface area contributed by atoms with Crippen molar-refractivity contribution < 1.29 is 4.79 Å². The monoisotopic (exact) mass is 170 g/mol. The third-order valence-electron chi connectivity index (χ3n) is 1.50. The molecular formula is C9H18N2O. The quantitative estimate of drug-likeness (QED) is 0.458. The van der Waals surface area contributed by atoms with Gasteiger partial charge in [0.2, 0.25) is 5.91 Å². The van der Waals surface area contributed by atoms with Gasteiger partial charge in [0.1, 0.15) is 0 Å². The molecule has 70 valence electrons. The van der Waals surface area contributed by atoms with E-state index in [9.17, 15) is 4.79 Å². The Bertz CT molecular complexity index is 143. The Kier molecular flexibility index (Phi) is 6.38. The molecule has 0 aliphatic rings. The largest absolute Gasteiger partial charge is 0.356 e. The fraction of sp³-hybridized carbons (Fsp3) is 0.667. The van der Waals surface area contributed by atoms with E-state index in [0.29, 0.717) is 13.0 Å². The molecule has 1 amide bonds. The summed E-state index contributed by atoms with van der Waals surface area (Å²) in [6.45, 7) is 6.14. The Labute approximate surface area is 74.0 Å². The molecule has 3 nitrogen and oxygen atoms in total. The molecule has 0 spiro atoms. The molecule has 0 fully saturated rings. The van der Waals surface area contributed by atoms with Crippen molar-refractivity contribution in [2.45, 2.75) is 32.2 Å². The fourth-order valence-corrected chi connectivity index (χ4v) is 0.761. The van der Waals surface area contributed by atoms with Crippen molar-refractivity contribution in [2.24, 2.45) is 5.73 Å². The third-order valence-corrected chi connectivity index (χ3v) is 1.50.